The Balaban J connectivity index is 1.72. The molecule has 6 nitrogen and oxygen atoms in total. The van der Waals surface area contributed by atoms with E-state index in [1.807, 2.05) is 66.4 Å². The standard InChI is InChI=1S/C27H33N3O3/c1-20-12-14-23(15-13-20)26(31)29(17-18-32-3)19-24-25(22-10-5-4-6-11-22)28-33-27(24)30-16-8-7-9-21(30)2/h4-6,10-15,21H,7-9,16-19H2,1-3H3/t21-/m0/s1. The molecule has 3 aromatic rings. The van der Waals surface area contributed by atoms with Crippen LogP contribution in [-0.4, -0.2) is 48.8 Å². The van der Waals surface area contributed by atoms with Crippen molar-refractivity contribution >= 4 is 11.8 Å². The molecule has 174 valence electrons. The van der Waals surface area contributed by atoms with E-state index < -0.39 is 0 Å². The molecule has 1 fully saturated rings. The topological polar surface area (TPSA) is 58.8 Å². The summed E-state index contributed by atoms with van der Waals surface area (Å²) in [4.78, 5) is 17.6. The Bertz CT molecular complexity index is 1050. The van der Waals surface area contributed by atoms with Crippen LogP contribution >= 0.6 is 0 Å². The van der Waals surface area contributed by atoms with Crippen LogP contribution in [-0.2, 0) is 11.3 Å². The lowest BCUT2D eigenvalue weighted by Crippen LogP contribution is -2.39. The van der Waals surface area contributed by atoms with E-state index in [1.54, 1.807) is 7.11 Å². The Morgan fingerprint density at radius 1 is 1.15 bits per heavy atom. The van der Waals surface area contributed by atoms with Crippen LogP contribution in [0.1, 0.15) is 47.7 Å². The number of ether oxygens (including phenoxy) is 1. The van der Waals surface area contributed by atoms with E-state index in [2.05, 4.69) is 17.0 Å². The molecule has 0 bridgehead atoms. The van der Waals surface area contributed by atoms with Crippen LogP contribution in [0.5, 0.6) is 0 Å². The molecule has 1 amide bonds. The number of methoxy groups -OCH3 is 1. The normalized spacial score (nSPS) is 16.1. The van der Waals surface area contributed by atoms with E-state index in [4.69, 9.17) is 9.26 Å². The molecule has 2 aromatic carbocycles. The van der Waals surface area contributed by atoms with Crippen molar-refractivity contribution in [2.75, 3.05) is 31.7 Å². The molecule has 1 saturated heterocycles. The summed E-state index contributed by atoms with van der Waals surface area (Å²) in [7, 11) is 1.66. The van der Waals surface area contributed by atoms with E-state index >= 15 is 0 Å². The van der Waals surface area contributed by atoms with E-state index in [0.29, 0.717) is 31.3 Å². The third kappa shape index (κ3) is 5.28. The number of aryl methyl sites for hydroxylation is 1. The van der Waals surface area contributed by atoms with Gasteiger partial charge in [0.15, 0.2) is 0 Å². The zero-order valence-electron chi connectivity index (χ0n) is 19.8. The third-order valence-corrected chi connectivity index (χ3v) is 6.38. The highest BCUT2D eigenvalue weighted by atomic mass is 16.5. The number of nitrogens with zero attached hydrogens (tertiary/aromatic N) is 3. The van der Waals surface area contributed by atoms with Crippen molar-refractivity contribution in [3.8, 4) is 11.3 Å². The maximum absolute atomic E-state index is 13.5. The molecule has 0 spiro atoms. The van der Waals surface area contributed by atoms with Gasteiger partial charge in [-0.25, -0.2) is 0 Å². The number of hydrogen-bond acceptors (Lipinski definition) is 5. The molecular formula is C27H33N3O3. The zero-order chi connectivity index (χ0) is 23.2. The van der Waals surface area contributed by atoms with Gasteiger partial charge in [-0.15, -0.1) is 0 Å². The van der Waals surface area contributed by atoms with Crippen molar-refractivity contribution in [1.82, 2.24) is 10.1 Å². The molecule has 4 rings (SSSR count). The molecule has 0 radical (unpaired) electrons. The van der Waals surface area contributed by atoms with E-state index in [1.165, 1.54) is 6.42 Å². The van der Waals surface area contributed by atoms with Gasteiger partial charge in [0.1, 0.15) is 5.69 Å². The lowest BCUT2D eigenvalue weighted by molar-refractivity contribution is 0.0680. The Morgan fingerprint density at radius 3 is 2.61 bits per heavy atom. The number of anilines is 1. The summed E-state index contributed by atoms with van der Waals surface area (Å²) in [6.07, 6.45) is 3.47. The molecule has 33 heavy (non-hydrogen) atoms. The summed E-state index contributed by atoms with van der Waals surface area (Å²) in [6.45, 7) is 6.53. The highest BCUT2D eigenvalue weighted by molar-refractivity contribution is 5.94. The van der Waals surface area contributed by atoms with E-state index in [0.717, 1.165) is 47.7 Å². The number of carbonyl (C=O) groups excluding carboxylic acids is 1. The van der Waals surface area contributed by atoms with Crippen LogP contribution in [0.2, 0.25) is 0 Å². The number of piperidine rings is 1. The highest BCUT2D eigenvalue weighted by Gasteiger charge is 2.30. The van der Waals surface area contributed by atoms with Crippen molar-refractivity contribution in [3.63, 3.8) is 0 Å². The molecule has 6 heteroatoms. The number of benzene rings is 2. The highest BCUT2D eigenvalue weighted by Crippen LogP contribution is 2.35. The van der Waals surface area contributed by atoms with Gasteiger partial charge in [-0.1, -0.05) is 53.2 Å². The molecule has 0 saturated carbocycles. The lowest BCUT2D eigenvalue weighted by Gasteiger charge is -2.34. The predicted octanol–water partition coefficient (Wildman–Crippen LogP) is 5.32. The van der Waals surface area contributed by atoms with Crippen LogP contribution in [0.3, 0.4) is 0 Å². The summed E-state index contributed by atoms with van der Waals surface area (Å²) in [5.74, 6) is 0.755. The molecule has 2 heterocycles. The van der Waals surface area contributed by atoms with Crippen molar-refractivity contribution in [2.24, 2.45) is 0 Å². The molecule has 0 N–H and O–H groups in total. The molecule has 1 atom stereocenters. The summed E-state index contributed by atoms with van der Waals surface area (Å²) in [5, 5.41) is 4.49. The number of hydrogen-bond donors (Lipinski definition) is 0. The maximum Gasteiger partial charge on any atom is 0.254 e. The largest absolute Gasteiger partial charge is 0.383 e. The van der Waals surface area contributed by atoms with E-state index in [9.17, 15) is 4.79 Å². The van der Waals surface area contributed by atoms with Crippen LogP contribution < -0.4 is 4.90 Å². The SMILES string of the molecule is COCCN(Cc1c(-c2ccccc2)noc1N1CCCC[C@@H]1C)C(=O)c1ccc(C)cc1. The van der Waals surface area contributed by atoms with Gasteiger partial charge in [-0.2, -0.15) is 0 Å². The second kappa shape index (κ2) is 10.7. The Hall–Kier alpha value is -3.12. The first-order valence-electron chi connectivity index (χ1n) is 11.7. The average Bonchev–Trinajstić information content (AvgIpc) is 3.26. The number of rotatable bonds is 8. The Kier molecular flexibility index (Phi) is 7.45. The number of aromatic nitrogens is 1. The predicted molar refractivity (Wildman–Crippen MR) is 130 cm³/mol. The van der Waals surface area contributed by atoms with Gasteiger partial charge >= 0.3 is 0 Å². The minimum Gasteiger partial charge on any atom is -0.383 e. The second-order valence-electron chi connectivity index (χ2n) is 8.80. The van der Waals surface area contributed by atoms with Crippen molar-refractivity contribution in [1.29, 1.82) is 0 Å². The van der Waals surface area contributed by atoms with Crippen LogP contribution in [0.4, 0.5) is 5.88 Å². The van der Waals surface area contributed by atoms with Gasteiger partial charge in [0.25, 0.3) is 5.91 Å². The van der Waals surface area contributed by atoms with Gasteiger partial charge in [0, 0.05) is 37.4 Å². The molecule has 1 aliphatic rings. The first-order chi connectivity index (χ1) is 16.1. The molecule has 0 unspecified atom stereocenters. The van der Waals surface area contributed by atoms with Crippen LogP contribution in [0, 0.1) is 6.92 Å². The second-order valence-corrected chi connectivity index (χ2v) is 8.80. The third-order valence-electron chi connectivity index (χ3n) is 6.38. The number of amides is 1. The Labute approximate surface area is 196 Å². The van der Waals surface area contributed by atoms with Crippen LogP contribution in [0.25, 0.3) is 11.3 Å². The van der Waals surface area contributed by atoms with Gasteiger partial charge in [-0.05, 0) is 45.2 Å². The minimum atomic E-state index is -0.0232. The summed E-state index contributed by atoms with van der Waals surface area (Å²) in [6, 6.07) is 18.1. The average molecular weight is 448 g/mol. The van der Waals surface area contributed by atoms with Gasteiger partial charge in [0.05, 0.1) is 18.7 Å². The molecular weight excluding hydrogens is 414 g/mol. The molecule has 1 aromatic heterocycles. The monoisotopic (exact) mass is 447 g/mol. The zero-order valence-corrected chi connectivity index (χ0v) is 19.8. The van der Waals surface area contributed by atoms with Crippen molar-refractivity contribution in [2.45, 2.75) is 45.7 Å². The summed E-state index contributed by atoms with van der Waals surface area (Å²) in [5.41, 5.74) is 4.53. The Morgan fingerprint density at radius 2 is 1.91 bits per heavy atom. The fourth-order valence-corrected chi connectivity index (χ4v) is 4.41. The number of carbonyl (C=O) groups is 1. The van der Waals surface area contributed by atoms with Gasteiger partial charge in [0.2, 0.25) is 5.88 Å². The first kappa shape index (κ1) is 23.1. The fourth-order valence-electron chi connectivity index (χ4n) is 4.41. The van der Waals surface area contributed by atoms with E-state index in [-0.39, 0.29) is 5.91 Å². The smallest absolute Gasteiger partial charge is 0.254 e. The van der Waals surface area contributed by atoms with Crippen molar-refractivity contribution < 1.29 is 14.1 Å². The van der Waals surface area contributed by atoms with Crippen molar-refractivity contribution in [3.05, 3.63) is 71.3 Å². The molecule has 1 aliphatic heterocycles. The summed E-state index contributed by atoms with van der Waals surface area (Å²) < 4.78 is 11.3. The maximum atomic E-state index is 13.5. The quantitative estimate of drug-likeness (QED) is 0.468. The first-order valence-corrected chi connectivity index (χ1v) is 11.7. The summed E-state index contributed by atoms with van der Waals surface area (Å²) >= 11 is 0. The van der Waals surface area contributed by atoms with Crippen LogP contribution in [0.15, 0.2) is 59.1 Å². The molecule has 0 aliphatic carbocycles. The minimum absolute atomic E-state index is 0.0232. The fraction of sp³-hybridized carbons (Fsp3) is 0.407. The van der Waals surface area contributed by atoms with Gasteiger partial charge in [-0.3, -0.25) is 4.79 Å². The lowest BCUT2D eigenvalue weighted by atomic mass is 10.0. The van der Waals surface area contributed by atoms with Gasteiger partial charge < -0.3 is 19.1 Å².